The maximum atomic E-state index is 10.9. The third-order valence-corrected chi connectivity index (χ3v) is 3.48. The number of anilines is 1. The number of non-ortho nitro benzene ring substituents is 1. The molecule has 3 rings (SSSR count). The molecule has 0 saturated heterocycles. The summed E-state index contributed by atoms with van der Waals surface area (Å²) in [7, 11) is 0. The quantitative estimate of drug-likeness (QED) is 0.586. The third-order valence-electron chi connectivity index (χ3n) is 3.48. The van der Waals surface area contributed by atoms with Crippen LogP contribution >= 0.6 is 0 Å². The number of hydrogen-bond acceptors (Lipinski definition) is 5. The minimum absolute atomic E-state index is 0.0257. The van der Waals surface area contributed by atoms with Crippen LogP contribution in [0.2, 0.25) is 0 Å². The Labute approximate surface area is 127 Å². The van der Waals surface area contributed by atoms with E-state index in [0.717, 1.165) is 5.56 Å². The van der Waals surface area contributed by atoms with Crippen LogP contribution in [0.1, 0.15) is 18.5 Å². The highest BCUT2D eigenvalue weighted by atomic mass is 16.6. The van der Waals surface area contributed by atoms with Gasteiger partial charge in [-0.15, -0.1) is 0 Å². The van der Waals surface area contributed by atoms with E-state index in [1.54, 1.807) is 6.07 Å². The van der Waals surface area contributed by atoms with Crippen LogP contribution in [0.5, 0.6) is 0 Å². The topological polar surface area (TPSA) is 81.0 Å². The van der Waals surface area contributed by atoms with Crippen LogP contribution in [-0.2, 0) is 0 Å². The highest BCUT2D eigenvalue weighted by molar-refractivity contribution is 5.90. The molecule has 6 heteroatoms. The van der Waals surface area contributed by atoms with Gasteiger partial charge in [0.05, 0.1) is 10.4 Å². The van der Waals surface area contributed by atoms with E-state index in [-0.39, 0.29) is 11.7 Å². The maximum Gasteiger partial charge on any atom is 0.270 e. The number of nitro groups is 1. The Bertz CT molecular complexity index is 821. The molecule has 0 bridgehead atoms. The fourth-order valence-electron chi connectivity index (χ4n) is 2.30. The summed E-state index contributed by atoms with van der Waals surface area (Å²) in [6.45, 7) is 2.01. The second-order valence-corrected chi connectivity index (χ2v) is 4.96. The van der Waals surface area contributed by atoms with Gasteiger partial charge in [-0.3, -0.25) is 10.1 Å². The van der Waals surface area contributed by atoms with Crippen LogP contribution in [-0.4, -0.2) is 14.9 Å². The van der Waals surface area contributed by atoms with Crippen LogP contribution in [0.3, 0.4) is 0 Å². The van der Waals surface area contributed by atoms with Gasteiger partial charge in [-0.2, -0.15) is 0 Å². The van der Waals surface area contributed by atoms with Crippen molar-refractivity contribution in [2.75, 3.05) is 5.32 Å². The number of nitro benzene ring substituents is 1. The van der Waals surface area contributed by atoms with Crippen molar-refractivity contribution in [3.63, 3.8) is 0 Å². The number of nitrogens with one attached hydrogen (secondary N) is 1. The van der Waals surface area contributed by atoms with Crippen molar-refractivity contribution in [2.24, 2.45) is 0 Å². The predicted molar refractivity (Wildman–Crippen MR) is 84.7 cm³/mol. The molecular formula is C16H14N4O2. The highest BCUT2D eigenvalue weighted by Crippen LogP contribution is 2.27. The molecule has 110 valence electrons. The summed E-state index contributed by atoms with van der Waals surface area (Å²) in [6.07, 6.45) is 1.45. The van der Waals surface area contributed by atoms with Gasteiger partial charge in [0.25, 0.3) is 5.69 Å². The Kier molecular flexibility index (Phi) is 3.65. The Morgan fingerprint density at radius 3 is 2.64 bits per heavy atom. The molecular weight excluding hydrogens is 280 g/mol. The standard InChI is InChI=1S/C16H14N4O2/c1-11(12-5-3-2-4-6-12)19-16-14-9-13(20(21)22)7-8-15(14)17-10-18-16/h2-11H,1H3,(H,17,18,19). The van der Waals surface area contributed by atoms with Crippen molar-refractivity contribution in [3.05, 3.63) is 70.5 Å². The van der Waals surface area contributed by atoms with Crippen LogP contribution < -0.4 is 5.32 Å². The summed E-state index contributed by atoms with van der Waals surface area (Å²) >= 11 is 0. The van der Waals surface area contributed by atoms with Gasteiger partial charge in [0.15, 0.2) is 0 Å². The first-order valence-electron chi connectivity index (χ1n) is 6.86. The Hall–Kier alpha value is -3.02. The van der Waals surface area contributed by atoms with E-state index in [1.807, 2.05) is 37.3 Å². The van der Waals surface area contributed by atoms with Crippen molar-refractivity contribution < 1.29 is 4.92 Å². The van der Waals surface area contributed by atoms with Gasteiger partial charge in [-0.05, 0) is 18.6 Å². The molecule has 1 heterocycles. The highest BCUT2D eigenvalue weighted by Gasteiger charge is 2.12. The van der Waals surface area contributed by atoms with Gasteiger partial charge in [0.2, 0.25) is 0 Å². The van der Waals surface area contributed by atoms with Crippen LogP contribution in [0.4, 0.5) is 11.5 Å². The summed E-state index contributed by atoms with van der Waals surface area (Å²) in [4.78, 5) is 18.9. The van der Waals surface area contributed by atoms with E-state index >= 15 is 0 Å². The van der Waals surface area contributed by atoms with Gasteiger partial charge in [0, 0.05) is 23.6 Å². The maximum absolute atomic E-state index is 10.9. The molecule has 3 aromatic rings. The molecule has 6 nitrogen and oxygen atoms in total. The molecule has 1 N–H and O–H groups in total. The minimum atomic E-state index is -0.420. The summed E-state index contributed by atoms with van der Waals surface area (Å²) in [5, 5.41) is 14.9. The number of aromatic nitrogens is 2. The number of rotatable bonds is 4. The number of hydrogen-bond donors (Lipinski definition) is 1. The zero-order valence-electron chi connectivity index (χ0n) is 11.9. The van der Waals surface area contributed by atoms with E-state index in [0.29, 0.717) is 16.7 Å². The monoisotopic (exact) mass is 294 g/mol. The van der Waals surface area contributed by atoms with Crippen LogP contribution in [0, 0.1) is 10.1 Å². The molecule has 0 amide bonds. The average molecular weight is 294 g/mol. The molecule has 0 aliphatic heterocycles. The summed E-state index contributed by atoms with van der Waals surface area (Å²) in [6, 6.07) is 14.5. The summed E-state index contributed by atoms with van der Waals surface area (Å²) in [5.41, 5.74) is 1.81. The first-order chi connectivity index (χ1) is 10.6. The largest absolute Gasteiger partial charge is 0.363 e. The smallest absolute Gasteiger partial charge is 0.270 e. The number of nitrogens with zero attached hydrogens (tertiary/aromatic N) is 3. The Morgan fingerprint density at radius 1 is 1.14 bits per heavy atom. The first kappa shape index (κ1) is 13.9. The van der Waals surface area contributed by atoms with Gasteiger partial charge in [-0.25, -0.2) is 9.97 Å². The first-order valence-corrected chi connectivity index (χ1v) is 6.86. The average Bonchev–Trinajstić information content (AvgIpc) is 2.55. The molecule has 2 aromatic carbocycles. The van der Waals surface area contributed by atoms with E-state index in [9.17, 15) is 10.1 Å². The van der Waals surface area contributed by atoms with Crippen molar-refractivity contribution in [1.29, 1.82) is 0 Å². The second-order valence-electron chi connectivity index (χ2n) is 4.96. The minimum Gasteiger partial charge on any atom is -0.363 e. The number of fused-ring (bicyclic) bond motifs is 1. The molecule has 0 aliphatic carbocycles. The Morgan fingerprint density at radius 2 is 1.91 bits per heavy atom. The van der Waals surface area contributed by atoms with Crippen LogP contribution in [0.15, 0.2) is 54.9 Å². The van der Waals surface area contributed by atoms with E-state index in [4.69, 9.17) is 0 Å². The lowest BCUT2D eigenvalue weighted by molar-refractivity contribution is -0.384. The molecule has 1 atom stereocenters. The van der Waals surface area contributed by atoms with Gasteiger partial charge in [-0.1, -0.05) is 30.3 Å². The summed E-state index contributed by atoms with van der Waals surface area (Å²) < 4.78 is 0. The fourth-order valence-corrected chi connectivity index (χ4v) is 2.30. The predicted octanol–water partition coefficient (Wildman–Crippen LogP) is 3.71. The molecule has 0 radical (unpaired) electrons. The lowest BCUT2D eigenvalue weighted by Gasteiger charge is -2.16. The Balaban J connectivity index is 1.99. The van der Waals surface area contributed by atoms with Crippen molar-refractivity contribution in [3.8, 4) is 0 Å². The summed E-state index contributed by atoms with van der Waals surface area (Å²) in [5.74, 6) is 0.588. The van der Waals surface area contributed by atoms with E-state index < -0.39 is 4.92 Å². The third kappa shape index (κ3) is 2.71. The van der Waals surface area contributed by atoms with Crippen LogP contribution in [0.25, 0.3) is 10.9 Å². The zero-order valence-corrected chi connectivity index (χ0v) is 11.9. The van der Waals surface area contributed by atoms with Gasteiger partial charge in [0.1, 0.15) is 12.1 Å². The second kappa shape index (κ2) is 5.77. The van der Waals surface area contributed by atoms with E-state index in [1.165, 1.54) is 18.5 Å². The SMILES string of the molecule is CC(Nc1ncnc2ccc([N+](=O)[O-])cc12)c1ccccc1. The number of benzene rings is 2. The molecule has 1 unspecified atom stereocenters. The van der Waals surface area contributed by atoms with Gasteiger partial charge < -0.3 is 5.32 Å². The lowest BCUT2D eigenvalue weighted by Crippen LogP contribution is -2.08. The molecule has 0 fully saturated rings. The molecule has 1 aromatic heterocycles. The molecule has 0 aliphatic rings. The fraction of sp³-hybridized carbons (Fsp3) is 0.125. The van der Waals surface area contributed by atoms with Gasteiger partial charge >= 0.3 is 0 Å². The zero-order chi connectivity index (χ0) is 15.5. The molecule has 0 spiro atoms. The van der Waals surface area contributed by atoms with E-state index in [2.05, 4.69) is 15.3 Å². The lowest BCUT2D eigenvalue weighted by atomic mass is 10.1. The van der Waals surface area contributed by atoms with Crippen molar-refractivity contribution in [2.45, 2.75) is 13.0 Å². The normalized spacial score (nSPS) is 12.0. The molecule has 22 heavy (non-hydrogen) atoms. The molecule has 0 saturated carbocycles. The van der Waals surface area contributed by atoms with Crippen molar-refractivity contribution >= 4 is 22.4 Å². The van der Waals surface area contributed by atoms with Crippen molar-refractivity contribution in [1.82, 2.24) is 9.97 Å².